The van der Waals surface area contributed by atoms with E-state index in [9.17, 15) is 0 Å². The standard InChI is InChI=1S/C12H22N4/c1-3-5-12(10-14-11-13)16-8-6-15(4-2)7-9-16/h3,5,10H,1,4,6-9,11,13H2,2H3/b12-5-,14-10+. The second kappa shape index (κ2) is 7.19. The van der Waals surface area contributed by atoms with Crippen LogP contribution in [0.5, 0.6) is 0 Å². The lowest BCUT2D eigenvalue weighted by molar-refractivity contribution is 0.171. The third-order valence-electron chi connectivity index (χ3n) is 2.80. The lowest BCUT2D eigenvalue weighted by atomic mass is 10.2. The molecule has 0 amide bonds. The predicted octanol–water partition coefficient (Wildman–Crippen LogP) is 0.681. The van der Waals surface area contributed by atoms with Gasteiger partial charge < -0.3 is 15.5 Å². The lowest BCUT2D eigenvalue weighted by Gasteiger charge is -2.35. The Labute approximate surface area is 98.1 Å². The number of nitrogens with zero attached hydrogens (tertiary/aromatic N) is 3. The molecular weight excluding hydrogens is 200 g/mol. The third kappa shape index (κ3) is 3.79. The van der Waals surface area contributed by atoms with Crippen molar-refractivity contribution in [3.63, 3.8) is 0 Å². The van der Waals surface area contributed by atoms with Crippen LogP contribution in [-0.4, -0.2) is 55.4 Å². The zero-order valence-corrected chi connectivity index (χ0v) is 10.1. The molecule has 0 bridgehead atoms. The van der Waals surface area contributed by atoms with Gasteiger partial charge in [-0.1, -0.05) is 19.6 Å². The first-order valence-electron chi connectivity index (χ1n) is 5.81. The van der Waals surface area contributed by atoms with Gasteiger partial charge in [0.1, 0.15) is 0 Å². The van der Waals surface area contributed by atoms with Crippen molar-refractivity contribution < 1.29 is 0 Å². The first-order valence-corrected chi connectivity index (χ1v) is 5.81. The van der Waals surface area contributed by atoms with Crippen LogP contribution in [-0.2, 0) is 0 Å². The van der Waals surface area contributed by atoms with Crippen LogP contribution in [0.25, 0.3) is 0 Å². The molecule has 90 valence electrons. The van der Waals surface area contributed by atoms with Crippen molar-refractivity contribution in [3.05, 3.63) is 24.4 Å². The summed E-state index contributed by atoms with van der Waals surface area (Å²) in [6.45, 7) is 11.7. The molecule has 4 nitrogen and oxygen atoms in total. The number of rotatable bonds is 5. The Bertz CT molecular complexity index is 262. The molecule has 0 aromatic heterocycles. The average Bonchev–Trinajstić information content (AvgIpc) is 2.35. The lowest BCUT2D eigenvalue weighted by Crippen LogP contribution is -2.45. The van der Waals surface area contributed by atoms with E-state index in [0.717, 1.165) is 38.4 Å². The molecule has 0 unspecified atom stereocenters. The van der Waals surface area contributed by atoms with Crippen LogP contribution in [0.1, 0.15) is 6.92 Å². The molecule has 2 N–H and O–H groups in total. The molecule has 1 heterocycles. The van der Waals surface area contributed by atoms with Gasteiger partial charge in [0.2, 0.25) is 0 Å². The summed E-state index contributed by atoms with van der Waals surface area (Å²) in [5, 5.41) is 0. The molecule has 1 saturated heterocycles. The van der Waals surface area contributed by atoms with Crippen molar-refractivity contribution in [1.29, 1.82) is 0 Å². The highest BCUT2D eigenvalue weighted by Gasteiger charge is 2.15. The van der Waals surface area contributed by atoms with Gasteiger partial charge in [-0.15, -0.1) is 0 Å². The van der Waals surface area contributed by atoms with Gasteiger partial charge in [0.15, 0.2) is 0 Å². The van der Waals surface area contributed by atoms with E-state index in [2.05, 4.69) is 28.3 Å². The summed E-state index contributed by atoms with van der Waals surface area (Å²) in [6, 6.07) is 0. The molecule has 0 aromatic carbocycles. The Morgan fingerprint density at radius 3 is 2.56 bits per heavy atom. The SMILES string of the molecule is C=C/C=C(/C=N/CN)N1CCN(CC)CC1. The molecule has 0 aliphatic carbocycles. The molecular formula is C12H22N4. The zero-order valence-electron chi connectivity index (χ0n) is 10.1. The molecule has 4 heteroatoms. The maximum absolute atomic E-state index is 5.37. The Kier molecular flexibility index (Phi) is 5.82. The van der Waals surface area contributed by atoms with Crippen molar-refractivity contribution >= 4 is 6.21 Å². The fourth-order valence-corrected chi connectivity index (χ4v) is 1.82. The summed E-state index contributed by atoms with van der Waals surface area (Å²) in [7, 11) is 0. The van der Waals surface area contributed by atoms with Crippen molar-refractivity contribution in [2.75, 3.05) is 39.4 Å². The summed E-state index contributed by atoms with van der Waals surface area (Å²) in [6.07, 6.45) is 5.62. The minimum atomic E-state index is 0.337. The predicted molar refractivity (Wildman–Crippen MR) is 69.5 cm³/mol. The summed E-state index contributed by atoms with van der Waals surface area (Å²) in [5.41, 5.74) is 6.48. The second-order valence-electron chi connectivity index (χ2n) is 3.74. The van der Waals surface area contributed by atoms with Gasteiger partial charge in [-0.2, -0.15) is 0 Å². The molecule has 16 heavy (non-hydrogen) atoms. The van der Waals surface area contributed by atoms with Gasteiger partial charge in [0.25, 0.3) is 0 Å². The Balaban J connectivity index is 2.57. The quantitative estimate of drug-likeness (QED) is 0.549. The van der Waals surface area contributed by atoms with E-state index in [1.54, 1.807) is 6.08 Å². The molecule has 1 aliphatic rings. The fraction of sp³-hybridized carbons (Fsp3) is 0.583. The minimum Gasteiger partial charge on any atom is -0.368 e. The normalized spacial score (nSPS) is 19.4. The Morgan fingerprint density at radius 2 is 2.06 bits per heavy atom. The van der Waals surface area contributed by atoms with Crippen LogP contribution in [0, 0.1) is 0 Å². The van der Waals surface area contributed by atoms with E-state index in [4.69, 9.17) is 5.73 Å². The summed E-state index contributed by atoms with van der Waals surface area (Å²) in [4.78, 5) is 8.86. The Morgan fingerprint density at radius 1 is 1.38 bits per heavy atom. The maximum atomic E-state index is 5.37. The van der Waals surface area contributed by atoms with Crippen molar-refractivity contribution in [2.24, 2.45) is 10.7 Å². The van der Waals surface area contributed by atoms with Gasteiger partial charge in [-0.3, -0.25) is 4.99 Å². The van der Waals surface area contributed by atoms with E-state index >= 15 is 0 Å². The monoisotopic (exact) mass is 222 g/mol. The molecule has 0 aromatic rings. The van der Waals surface area contributed by atoms with Gasteiger partial charge in [-0.05, 0) is 12.6 Å². The van der Waals surface area contributed by atoms with Crippen LogP contribution >= 0.6 is 0 Å². The van der Waals surface area contributed by atoms with Gasteiger partial charge >= 0.3 is 0 Å². The topological polar surface area (TPSA) is 44.9 Å². The number of aliphatic imine (C=N–C) groups is 1. The van der Waals surface area contributed by atoms with Crippen LogP contribution in [0.15, 0.2) is 29.4 Å². The largest absolute Gasteiger partial charge is 0.368 e. The highest BCUT2D eigenvalue weighted by molar-refractivity contribution is 5.78. The number of piperazine rings is 1. The van der Waals surface area contributed by atoms with E-state index in [-0.39, 0.29) is 0 Å². The second-order valence-corrected chi connectivity index (χ2v) is 3.74. The zero-order chi connectivity index (χ0) is 11.8. The molecule has 0 spiro atoms. The van der Waals surface area contributed by atoms with Crippen LogP contribution in [0.2, 0.25) is 0 Å². The van der Waals surface area contributed by atoms with E-state index in [1.807, 2.05) is 12.3 Å². The highest BCUT2D eigenvalue weighted by Crippen LogP contribution is 2.08. The van der Waals surface area contributed by atoms with E-state index in [1.165, 1.54) is 0 Å². The smallest absolute Gasteiger partial charge is 0.0860 e. The fourth-order valence-electron chi connectivity index (χ4n) is 1.82. The molecule has 0 radical (unpaired) electrons. The maximum Gasteiger partial charge on any atom is 0.0860 e. The summed E-state index contributed by atoms with van der Waals surface area (Å²) < 4.78 is 0. The average molecular weight is 222 g/mol. The number of hydrogen-bond acceptors (Lipinski definition) is 4. The van der Waals surface area contributed by atoms with Crippen molar-refractivity contribution in [3.8, 4) is 0 Å². The minimum absolute atomic E-state index is 0.337. The molecule has 0 atom stereocenters. The van der Waals surface area contributed by atoms with Gasteiger partial charge in [0.05, 0.1) is 12.4 Å². The number of hydrogen-bond donors (Lipinski definition) is 1. The molecule has 1 fully saturated rings. The van der Waals surface area contributed by atoms with Crippen LogP contribution < -0.4 is 5.73 Å². The molecule has 1 aliphatic heterocycles. The van der Waals surface area contributed by atoms with Crippen molar-refractivity contribution in [1.82, 2.24) is 9.80 Å². The third-order valence-corrected chi connectivity index (χ3v) is 2.80. The first kappa shape index (κ1) is 12.9. The summed E-state index contributed by atoms with van der Waals surface area (Å²) >= 11 is 0. The van der Waals surface area contributed by atoms with Crippen LogP contribution in [0.3, 0.4) is 0 Å². The number of allylic oxidation sites excluding steroid dienone is 3. The Hall–Kier alpha value is -1.13. The number of likely N-dealkylation sites (N-methyl/N-ethyl adjacent to an activating group) is 1. The molecule has 1 rings (SSSR count). The molecule has 0 saturated carbocycles. The van der Waals surface area contributed by atoms with E-state index in [0.29, 0.717) is 6.67 Å². The highest BCUT2D eigenvalue weighted by atomic mass is 15.3. The summed E-state index contributed by atoms with van der Waals surface area (Å²) in [5.74, 6) is 0. The number of nitrogens with two attached hydrogens (primary N) is 1. The van der Waals surface area contributed by atoms with Gasteiger partial charge in [-0.25, -0.2) is 0 Å². The van der Waals surface area contributed by atoms with E-state index < -0.39 is 0 Å². The van der Waals surface area contributed by atoms with Crippen molar-refractivity contribution in [2.45, 2.75) is 6.92 Å². The van der Waals surface area contributed by atoms with Crippen LogP contribution in [0.4, 0.5) is 0 Å². The first-order chi connectivity index (χ1) is 7.81. The van der Waals surface area contributed by atoms with Gasteiger partial charge in [0, 0.05) is 32.4 Å².